The number of rotatable bonds is 5. The van der Waals surface area contributed by atoms with E-state index in [0.29, 0.717) is 6.92 Å². The first kappa shape index (κ1) is 13.9. The van der Waals surface area contributed by atoms with Crippen molar-refractivity contribution in [2.75, 3.05) is 6.61 Å². The van der Waals surface area contributed by atoms with Gasteiger partial charge in [0.2, 0.25) is 0 Å². The molecule has 0 saturated carbocycles. The zero-order valence-electron chi connectivity index (χ0n) is 8.45. The van der Waals surface area contributed by atoms with Gasteiger partial charge in [0.15, 0.2) is 6.61 Å². The van der Waals surface area contributed by atoms with Gasteiger partial charge in [-0.1, -0.05) is 6.58 Å². The molecule has 0 aliphatic heterocycles. The zero-order chi connectivity index (χ0) is 12.3. The third-order valence-electron chi connectivity index (χ3n) is 1.33. The summed E-state index contributed by atoms with van der Waals surface area (Å²) in [7, 11) is 0. The summed E-state index contributed by atoms with van der Waals surface area (Å²) >= 11 is 0. The summed E-state index contributed by atoms with van der Waals surface area (Å²) in [5, 5.41) is 0. The van der Waals surface area contributed by atoms with Gasteiger partial charge in [-0.05, 0) is 13.8 Å². The van der Waals surface area contributed by atoms with Crippen molar-refractivity contribution in [3.63, 3.8) is 0 Å². The number of alkyl halides is 4. The van der Waals surface area contributed by atoms with Crippen LogP contribution in [0, 0.1) is 0 Å². The minimum absolute atomic E-state index is 0.0611. The molecule has 0 fully saturated rings. The SMILES string of the molecule is C=C(C)C(=O)OCC(F)(F)CC(C)(F)F. The fraction of sp³-hybridized carbons (Fsp3) is 0.667. The first-order valence-electron chi connectivity index (χ1n) is 4.12. The van der Waals surface area contributed by atoms with Crippen LogP contribution in [0.25, 0.3) is 0 Å². The fourth-order valence-electron chi connectivity index (χ4n) is 0.800. The average Bonchev–Trinajstić information content (AvgIpc) is 1.95. The van der Waals surface area contributed by atoms with Crippen molar-refractivity contribution in [3.8, 4) is 0 Å². The van der Waals surface area contributed by atoms with Gasteiger partial charge in [-0.15, -0.1) is 0 Å². The van der Waals surface area contributed by atoms with Gasteiger partial charge in [0.05, 0.1) is 6.42 Å². The monoisotopic (exact) mass is 228 g/mol. The summed E-state index contributed by atoms with van der Waals surface area (Å²) in [6.45, 7) is 3.45. The molecule has 0 aromatic rings. The van der Waals surface area contributed by atoms with Crippen LogP contribution >= 0.6 is 0 Å². The standard InChI is InChI=1S/C9H12F4O2/c1-6(2)7(14)15-5-9(12,13)4-8(3,10)11/h1,4-5H2,2-3H3. The molecule has 0 heterocycles. The fourth-order valence-corrected chi connectivity index (χ4v) is 0.800. The largest absolute Gasteiger partial charge is 0.456 e. The maximum absolute atomic E-state index is 12.8. The maximum atomic E-state index is 12.8. The third kappa shape index (κ3) is 6.93. The van der Waals surface area contributed by atoms with E-state index in [4.69, 9.17) is 0 Å². The van der Waals surface area contributed by atoms with E-state index >= 15 is 0 Å². The molecule has 88 valence electrons. The van der Waals surface area contributed by atoms with Crippen LogP contribution in [0.3, 0.4) is 0 Å². The van der Waals surface area contributed by atoms with E-state index < -0.39 is 30.8 Å². The van der Waals surface area contributed by atoms with Gasteiger partial charge < -0.3 is 4.74 Å². The minimum atomic E-state index is -3.73. The number of ether oxygens (including phenoxy) is 1. The van der Waals surface area contributed by atoms with Gasteiger partial charge in [0, 0.05) is 5.57 Å². The Bertz CT molecular complexity index is 255. The smallest absolute Gasteiger partial charge is 0.333 e. The molecule has 0 aromatic heterocycles. The summed E-state index contributed by atoms with van der Waals surface area (Å²) in [6.07, 6.45) is -1.65. The summed E-state index contributed by atoms with van der Waals surface area (Å²) < 4.78 is 54.1. The quantitative estimate of drug-likeness (QED) is 0.411. The predicted molar refractivity (Wildman–Crippen MR) is 46.0 cm³/mol. The highest BCUT2D eigenvalue weighted by Crippen LogP contribution is 2.30. The van der Waals surface area contributed by atoms with E-state index in [1.165, 1.54) is 6.92 Å². The van der Waals surface area contributed by atoms with E-state index in [9.17, 15) is 22.4 Å². The molecule has 0 rings (SSSR count). The summed E-state index contributed by atoms with van der Waals surface area (Å²) in [5.41, 5.74) is -0.0611. The Labute approximate surface area is 84.9 Å². The second-order valence-corrected chi connectivity index (χ2v) is 3.46. The van der Waals surface area contributed by atoms with Gasteiger partial charge >= 0.3 is 5.97 Å². The summed E-state index contributed by atoms with van der Waals surface area (Å²) in [6, 6.07) is 0. The Morgan fingerprint density at radius 3 is 2.13 bits per heavy atom. The summed E-state index contributed by atoms with van der Waals surface area (Å²) in [5.74, 6) is -8.25. The zero-order valence-corrected chi connectivity index (χ0v) is 8.45. The second kappa shape index (κ2) is 4.63. The Kier molecular flexibility index (Phi) is 4.30. The van der Waals surface area contributed by atoms with Crippen molar-refractivity contribution in [2.45, 2.75) is 32.1 Å². The normalized spacial score (nSPS) is 12.4. The van der Waals surface area contributed by atoms with Crippen molar-refractivity contribution in [1.82, 2.24) is 0 Å². The topological polar surface area (TPSA) is 26.3 Å². The third-order valence-corrected chi connectivity index (χ3v) is 1.33. The van der Waals surface area contributed by atoms with E-state index in [1.54, 1.807) is 0 Å². The van der Waals surface area contributed by atoms with Crippen LogP contribution in [0.5, 0.6) is 0 Å². The first-order chi connectivity index (χ1) is 6.53. The maximum Gasteiger partial charge on any atom is 0.333 e. The minimum Gasteiger partial charge on any atom is -0.456 e. The molecule has 0 bridgehead atoms. The van der Waals surface area contributed by atoms with Gasteiger partial charge in [0.25, 0.3) is 11.8 Å². The van der Waals surface area contributed by atoms with Crippen molar-refractivity contribution >= 4 is 5.97 Å². The van der Waals surface area contributed by atoms with Gasteiger partial charge in [-0.25, -0.2) is 22.4 Å². The number of carbonyl (C=O) groups is 1. The average molecular weight is 228 g/mol. The lowest BCUT2D eigenvalue weighted by molar-refractivity contribution is -0.162. The van der Waals surface area contributed by atoms with E-state index in [2.05, 4.69) is 11.3 Å². The number of carbonyl (C=O) groups excluding carboxylic acids is 1. The molecule has 0 saturated heterocycles. The Morgan fingerprint density at radius 2 is 1.80 bits per heavy atom. The van der Waals surface area contributed by atoms with Gasteiger partial charge in [0.1, 0.15) is 0 Å². The number of esters is 1. The molecule has 0 spiro atoms. The number of hydrogen-bond donors (Lipinski definition) is 0. The van der Waals surface area contributed by atoms with Crippen LogP contribution in [-0.4, -0.2) is 24.4 Å². The van der Waals surface area contributed by atoms with Gasteiger partial charge in [-0.2, -0.15) is 0 Å². The van der Waals surface area contributed by atoms with E-state index in [-0.39, 0.29) is 5.57 Å². The van der Waals surface area contributed by atoms with Crippen LogP contribution in [0.15, 0.2) is 12.2 Å². The molecule has 0 N–H and O–H groups in total. The Hall–Kier alpha value is -1.07. The molecule has 2 nitrogen and oxygen atoms in total. The lowest BCUT2D eigenvalue weighted by atomic mass is 10.1. The molecule has 0 aliphatic rings. The van der Waals surface area contributed by atoms with Crippen LogP contribution in [0.1, 0.15) is 20.3 Å². The summed E-state index contributed by atoms with van der Waals surface area (Å²) in [4.78, 5) is 10.7. The van der Waals surface area contributed by atoms with Crippen molar-refractivity contribution in [3.05, 3.63) is 12.2 Å². The second-order valence-electron chi connectivity index (χ2n) is 3.46. The molecular formula is C9H12F4O2. The molecule has 6 heteroatoms. The van der Waals surface area contributed by atoms with E-state index in [1.807, 2.05) is 0 Å². The molecular weight excluding hydrogens is 216 g/mol. The first-order valence-corrected chi connectivity index (χ1v) is 4.12. The molecule has 0 radical (unpaired) electrons. The molecule has 0 aromatic carbocycles. The highest BCUT2D eigenvalue weighted by Gasteiger charge is 2.41. The van der Waals surface area contributed by atoms with Crippen LogP contribution < -0.4 is 0 Å². The van der Waals surface area contributed by atoms with E-state index in [0.717, 1.165) is 0 Å². The lowest BCUT2D eigenvalue weighted by Gasteiger charge is -2.19. The van der Waals surface area contributed by atoms with Gasteiger partial charge in [-0.3, -0.25) is 0 Å². The lowest BCUT2D eigenvalue weighted by Crippen LogP contribution is -2.32. The highest BCUT2D eigenvalue weighted by atomic mass is 19.3. The van der Waals surface area contributed by atoms with Crippen LogP contribution in [0.4, 0.5) is 17.6 Å². The van der Waals surface area contributed by atoms with Crippen LogP contribution in [-0.2, 0) is 9.53 Å². The predicted octanol–water partition coefficient (Wildman–Crippen LogP) is 2.79. The molecule has 0 atom stereocenters. The van der Waals surface area contributed by atoms with Crippen molar-refractivity contribution in [2.24, 2.45) is 0 Å². The van der Waals surface area contributed by atoms with Crippen molar-refractivity contribution in [1.29, 1.82) is 0 Å². The molecule has 0 unspecified atom stereocenters. The van der Waals surface area contributed by atoms with Crippen molar-refractivity contribution < 1.29 is 27.1 Å². The molecule has 0 aliphatic carbocycles. The number of halogens is 4. The Balaban J connectivity index is 4.16. The molecule has 15 heavy (non-hydrogen) atoms. The highest BCUT2D eigenvalue weighted by molar-refractivity contribution is 5.86. The molecule has 0 amide bonds. The number of hydrogen-bond acceptors (Lipinski definition) is 2. The van der Waals surface area contributed by atoms with Crippen LogP contribution in [0.2, 0.25) is 0 Å². The Morgan fingerprint density at radius 1 is 1.33 bits per heavy atom.